The lowest BCUT2D eigenvalue weighted by Gasteiger charge is -2.09. The van der Waals surface area contributed by atoms with Crippen LogP contribution in [0.25, 0.3) is 0 Å². The minimum Gasteiger partial charge on any atom is -0.280 e. The first-order chi connectivity index (χ1) is 9.29. The van der Waals surface area contributed by atoms with Crippen LogP contribution >= 0.6 is 27.3 Å². The fraction of sp³-hybridized carbons (Fsp3) is 0.286. The minimum atomic E-state index is -3.53. The molecular weight excluding hydrogens is 358 g/mol. The van der Waals surface area contributed by atoms with Crippen LogP contribution in [0.3, 0.4) is 0 Å². The van der Waals surface area contributed by atoms with Gasteiger partial charge in [-0.2, -0.15) is 0 Å². The zero-order valence-electron chi connectivity index (χ0n) is 11.5. The standard InChI is InChI=1S/C14H16BrNO2S2/c1-9(2)11-4-6-12(7-5-11)16-20(17,18)13-8-14(15)19-10(13)3/h4-9,16H,1-3H3. The van der Waals surface area contributed by atoms with E-state index in [1.54, 1.807) is 25.1 Å². The Bertz CT molecular complexity index is 703. The van der Waals surface area contributed by atoms with Gasteiger partial charge in [-0.15, -0.1) is 11.3 Å². The molecule has 3 nitrogen and oxygen atoms in total. The van der Waals surface area contributed by atoms with Crippen molar-refractivity contribution in [1.29, 1.82) is 0 Å². The van der Waals surface area contributed by atoms with Crippen molar-refractivity contribution in [2.45, 2.75) is 31.6 Å². The lowest BCUT2D eigenvalue weighted by molar-refractivity contribution is 0.601. The predicted octanol–water partition coefficient (Wildman–Crippen LogP) is 4.74. The van der Waals surface area contributed by atoms with Crippen molar-refractivity contribution in [1.82, 2.24) is 0 Å². The van der Waals surface area contributed by atoms with Gasteiger partial charge in [0.1, 0.15) is 4.90 Å². The molecule has 0 amide bonds. The third kappa shape index (κ3) is 3.42. The highest BCUT2D eigenvalue weighted by molar-refractivity contribution is 9.11. The second-order valence-electron chi connectivity index (χ2n) is 4.85. The number of sulfonamides is 1. The van der Waals surface area contributed by atoms with Crippen LogP contribution in [0.2, 0.25) is 0 Å². The van der Waals surface area contributed by atoms with Gasteiger partial charge in [0.2, 0.25) is 0 Å². The summed E-state index contributed by atoms with van der Waals surface area (Å²) < 4.78 is 28.1. The molecule has 1 heterocycles. The average molecular weight is 374 g/mol. The van der Waals surface area contributed by atoms with Crippen LogP contribution in [0, 0.1) is 6.92 Å². The van der Waals surface area contributed by atoms with Gasteiger partial charge in [-0.1, -0.05) is 26.0 Å². The Labute approximate surface area is 132 Å². The summed E-state index contributed by atoms with van der Waals surface area (Å²) in [6, 6.07) is 9.11. The van der Waals surface area contributed by atoms with Crippen LogP contribution in [0.5, 0.6) is 0 Å². The van der Waals surface area contributed by atoms with Gasteiger partial charge in [0.05, 0.1) is 3.79 Å². The molecule has 1 aromatic carbocycles. The largest absolute Gasteiger partial charge is 0.280 e. The molecule has 2 aromatic rings. The van der Waals surface area contributed by atoms with Crippen molar-refractivity contribution in [2.75, 3.05) is 4.72 Å². The van der Waals surface area contributed by atoms with E-state index in [1.807, 2.05) is 12.1 Å². The van der Waals surface area contributed by atoms with Crippen LogP contribution < -0.4 is 4.72 Å². The third-order valence-corrected chi connectivity index (χ3v) is 6.15. The summed E-state index contributed by atoms with van der Waals surface area (Å²) in [6.45, 7) is 6.00. The molecule has 0 radical (unpaired) electrons. The topological polar surface area (TPSA) is 46.2 Å². The van der Waals surface area contributed by atoms with Gasteiger partial charge >= 0.3 is 0 Å². The third-order valence-electron chi connectivity index (χ3n) is 2.96. The molecule has 1 N–H and O–H groups in total. The van der Waals surface area contributed by atoms with Crippen LogP contribution in [-0.2, 0) is 10.0 Å². The lowest BCUT2D eigenvalue weighted by atomic mass is 10.0. The zero-order valence-corrected chi connectivity index (χ0v) is 14.7. The van der Waals surface area contributed by atoms with E-state index in [9.17, 15) is 8.42 Å². The molecule has 0 atom stereocenters. The van der Waals surface area contributed by atoms with Crippen molar-refractivity contribution < 1.29 is 8.42 Å². The monoisotopic (exact) mass is 373 g/mol. The molecule has 2 rings (SSSR count). The van der Waals surface area contributed by atoms with E-state index in [0.29, 0.717) is 16.5 Å². The first-order valence-corrected chi connectivity index (χ1v) is 9.27. The fourth-order valence-corrected chi connectivity index (χ4v) is 5.32. The molecule has 108 valence electrons. The summed E-state index contributed by atoms with van der Waals surface area (Å²) in [7, 11) is -3.53. The van der Waals surface area contributed by atoms with Gasteiger partial charge in [0, 0.05) is 10.6 Å². The first-order valence-electron chi connectivity index (χ1n) is 6.18. The van der Waals surface area contributed by atoms with Gasteiger partial charge in [-0.3, -0.25) is 4.72 Å². The van der Waals surface area contributed by atoms with E-state index >= 15 is 0 Å². The zero-order chi connectivity index (χ0) is 14.9. The van der Waals surface area contributed by atoms with Crippen molar-refractivity contribution in [3.8, 4) is 0 Å². The van der Waals surface area contributed by atoms with Gasteiger partial charge in [0.25, 0.3) is 10.0 Å². The summed E-state index contributed by atoms with van der Waals surface area (Å²) in [4.78, 5) is 1.09. The highest BCUT2D eigenvalue weighted by Crippen LogP contribution is 2.31. The molecule has 0 spiro atoms. The molecule has 0 aliphatic rings. The maximum atomic E-state index is 12.3. The molecule has 0 bridgehead atoms. The summed E-state index contributed by atoms with van der Waals surface area (Å²) in [5, 5.41) is 0. The Morgan fingerprint density at radius 3 is 2.25 bits per heavy atom. The predicted molar refractivity (Wildman–Crippen MR) is 88.1 cm³/mol. The van der Waals surface area contributed by atoms with E-state index in [-0.39, 0.29) is 0 Å². The Balaban J connectivity index is 2.26. The fourth-order valence-electron chi connectivity index (χ4n) is 1.84. The van der Waals surface area contributed by atoms with Crippen LogP contribution in [-0.4, -0.2) is 8.42 Å². The Morgan fingerprint density at radius 1 is 1.20 bits per heavy atom. The van der Waals surface area contributed by atoms with Crippen molar-refractivity contribution in [3.63, 3.8) is 0 Å². The summed E-state index contributed by atoms with van der Waals surface area (Å²) >= 11 is 4.72. The number of hydrogen-bond donors (Lipinski definition) is 1. The van der Waals surface area contributed by atoms with E-state index in [4.69, 9.17) is 0 Å². The molecular formula is C14H16BrNO2S2. The molecule has 0 saturated carbocycles. The van der Waals surface area contributed by atoms with Crippen LogP contribution in [0.4, 0.5) is 5.69 Å². The van der Waals surface area contributed by atoms with E-state index in [0.717, 1.165) is 8.66 Å². The maximum Gasteiger partial charge on any atom is 0.263 e. The first kappa shape index (κ1) is 15.5. The maximum absolute atomic E-state index is 12.3. The molecule has 0 aliphatic heterocycles. The SMILES string of the molecule is Cc1sc(Br)cc1S(=O)(=O)Nc1ccc(C(C)C)cc1. The number of benzene rings is 1. The molecule has 20 heavy (non-hydrogen) atoms. The highest BCUT2D eigenvalue weighted by atomic mass is 79.9. The number of hydrogen-bond acceptors (Lipinski definition) is 3. The van der Waals surface area contributed by atoms with Crippen molar-refractivity contribution >= 4 is 43.0 Å². The summed E-state index contributed by atoms with van der Waals surface area (Å²) in [5.41, 5.74) is 1.76. The van der Waals surface area contributed by atoms with Crippen molar-refractivity contribution in [2.24, 2.45) is 0 Å². The highest BCUT2D eigenvalue weighted by Gasteiger charge is 2.19. The van der Waals surface area contributed by atoms with Gasteiger partial charge in [-0.25, -0.2) is 8.42 Å². The summed E-state index contributed by atoms with van der Waals surface area (Å²) in [5.74, 6) is 0.427. The van der Waals surface area contributed by atoms with E-state index in [1.165, 1.54) is 16.9 Å². The molecule has 0 saturated heterocycles. The number of aryl methyl sites for hydroxylation is 1. The molecule has 6 heteroatoms. The lowest BCUT2D eigenvalue weighted by Crippen LogP contribution is -2.13. The quantitative estimate of drug-likeness (QED) is 0.840. The van der Waals surface area contributed by atoms with Crippen LogP contribution in [0.15, 0.2) is 39.0 Å². The Kier molecular flexibility index (Phi) is 4.56. The molecule has 0 aliphatic carbocycles. The summed E-state index contributed by atoms with van der Waals surface area (Å²) in [6.07, 6.45) is 0. The number of anilines is 1. The molecule has 0 unspecified atom stereocenters. The second kappa shape index (κ2) is 5.87. The van der Waals surface area contributed by atoms with E-state index in [2.05, 4.69) is 34.5 Å². The van der Waals surface area contributed by atoms with Gasteiger partial charge in [-0.05, 0) is 52.5 Å². The van der Waals surface area contributed by atoms with Crippen LogP contribution in [0.1, 0.15) is 30.2 Å². The second-order valence-corrected chi connectivity index (χ2v) is 9.14. The number of rotatable bonds is 4. The normalized spacial score (nSPS) is 11.8. The molecule has 1 aromatic heterocycles. The van der Waals surface area contributed by atoms with Gasteiger partial charge < -0.3 is 0 Å². The molecule has 0 fully saturated rings. The number of thiophene rings is 1. The number of halogens is 1. The van der Waals surface area contributed by atoms with Gasteiger partial charge in [0.15, 0.2) is 0 Å². The van der Waals surface area contributed by atoms with Crippen molar-refractivity contribution in [3.05, 3.63) is 44.6 Å². The smallest absolute Gasteiger partial charge is 0.263 e. The Morgan fingerprint density at radius 2 is 1.80 bits per heavy atom. The minimum absolute atomic E-state index is 0.322. The average Bonchev–Trinajstić information content (AvgIpc) is 2.69. The number of nitrogens with one attached hydrogen (secondary N) is 1. The van der Waals surface area contributed by atoms with E-state index < -0.39 is 10.0 Å². The Hall–Kier alpha value is -0.850.